The fourth-order valence-corrected chi connectivity index (χ4v) is 4.03. The molecule has 6 nitrogen and oxygen atoms in total. The number of benzene rings is 1. The van der Waals surface area contributed by atoms with E-state index in [4.69, 9.17) is 9.47 Å². The largest absolute Gasteiger partial charge is 1.00 e. The Balaban J connectivity index is 0.00000240. The van der Waals surface area contributed by atoms with E-state index < -0.39 is 10.8 Å². The van der Waals surface area contributed by atoms with Crippen molar-refractivity contribution in [2.75, 3.05) is 13.2 Å². The van der Waals surface area contributed by atoms with Crippen molar-refractivity contribution in [2.45, 2.75) is 58.1 Å². The molecular formula is C22H30N3NaO3S. The first kappa shape index (κ1) is 25.0. The first-order valence-corrected chi connectivity index (χ1v) is 11.2. The molecule has 1 aromatic carbocycles. The Kier molecular flexibility index (Phi) is 9.50. The molecule has 0 saturated carbocycles. The molecule has 158 valence electrons. The Morgan fingerprint density at radius 3 is 2.67 bits per heavy atom. The average Bonchev–Trinajstić information content (AvgIpc) is 3.10. The van der Waals surface area contributed by atoms with Crippen LogP contribution in [0.4, 0.5) is 0 Å². The third-order valence-corrected chi connectivity index (χ3v) is 6.30. The molecule has 0 aliphatic rings. The molecule has 0 spiro atoms. The van der Waals surface area contributed by atoms with Gasteiger partial charge in [0, 0.05) is 11.8 Å². The Bertz CT molecular complexity index is 990. The molecule has 2 atom stereocenters. The maximum Gasteiger partial charge on any atom is 1.00 e. The number of aryl methyl sites for hydroxylation is 2. The van der Waals surface area contributed by atoms with E-state index in [2.05, 4.69) is 28.8 Å². The summed E-state index contributed by atoms with van der Waals surface area (Å²) in [4.78, 5) is 12.1. The van der Waals surface area contributed by atoms with Crippen LogP contribution in [0.25, 0.3) is 11.0 Å². The van der Waals surface area contributed by atoms with Crippen molar-refractivity contribution in [3.8, 4) is 5.75 Å². The van der Waals surface area contributed by atoms with Gasteiger partial charge in [-0.3, -0.25) is 9.19 Å². The molecule has 8 heteroatoms. The summed E-state index contributed by atoms with van der Waals surface area (Å²) < 4.78 is 24.4. The molecular weight excluding hydrogens is 409 g/mol. The number of aromatic amines is 1. The zero-order valence-corrected chi connectivity index (χ0v) is 21.6. The van der Waals surface area contributed by atoms with E-state index in [9.17, 15) is 4.21 Å². The molecule has 0 radical (unpaired) electrons. The summed E-state index contributed by atoms with van der Waals surface area (Å²) >= 11 is 0. The number of imidazole rings is 1. The normalized spacial score (nSPS) is 13.1. The fraction of sp³-hybridized carbons (Fsp3) is 0.455. The number of rotatable bonds is 9. The second kappa shape index (κ2) is 11.4. The third kappa shape index (κ3) is 6.14. The van der Waals surface area contributed by atoms with Gasteiger partial charge in [0.25, 0.3) is 0 Å². The zero-order valence-electron chi connectivity index (χ0n) is 19.7. The number of H-pyrrole nitrogens is 1. The van der Waals surface area contributed by atoms with E-state index in [1.807, 2.05) is 39.0 Å². The van der Waals surface area contributed by atoms with Gasteiger partial charge in [0.1, 0.15) is 12.4 Å². The number of hydrogen-bond donors (Lipinski definition) is 1. The quantitative estimate of drug-likeness (QED) is 0.404. The van der Waals surface area contributed by atoms with Crippen molar-refractivity contribution in [3.63, 3.8) is 0 Å². The van der Waals surface area contributed by atoms with Crippen LogP contribution in [0.5, 0.6) is 5.75 Å². The van der Waals surface area contributed by atoms with Crippen molar-refractivity contribution in [3.05, 3.63) is 46.8 Å². The maximum absolute atomic E-state index is 12.9. The summed E-state index contributed by atoms with van der Waals surface area (Å²) in [5, 5.41) is 0.472. The van der Waals surface area contributed by atoms with Crippen LogP contribution in [0.2, 0.25) is 0 Å². The van der Waals surface area contributed by atoms with Crippen LogP contribution in [-0.2, 0) is 21.3 Å². The topological polar surface area (TPSA) is 77.1 Å². The molecule has 0 fully saturated rings. The van der Waals surface area contributed by atoms with Crippen molar-refractivity contribution in [1.82, 2.24) is 15.0 Å². The molecule has 1 N–H and O–H groups in total. The molecule has 2 unspecified atom stereocenters. The van der Waals surface area contributed by atoms with Crippen LogP contribution in [-0.4, -0.2) is 38.5 Å². The summed E-state index contributed by atoms with van der Waals surface area (Å²) in [6.07, 6.45) is 2.90. The summed E-state index contributed by atoms with van der Waals surface area (Å²) in [5.41, 5.74) is 5.72. The van der Waals surface area contributed by atoms with Gasteiger partial charge < -0.3 is 15.9 Å². The Hall–Kier alpha value is -1.25. The molecule has 0 saturated heterocycles. The van der Waals surface area contributed by atoms with E-state index in [1.54, 1.807) is 6.20 Å². The number of fused-ring (bicyclic) bond motifs is 1. The van der Waals surface area contributed by atoms with Gasteiger partial charge in [0.2, 0.25) is 0 Å². The maximum atomic E-state index is 12.9. The van der Waals surface area contributed by atoms with Gasteiger partial charge in [0.05, 0.1) is 46.0 Å². The van der Waals surface area contributed by atoms with E-state index in [0.717, 1.165) is 34.5 Å². The van der Waals surface area contributed by atoms with Crippen LogP contribution < -0.4 is 34.3 Å². The van der Waals surface area contributed by atoms with Gasteiger partial charge in [-0.15, -0.1) is 0 Å². The molecule has 3 aromatic rings. The molecule has 3 rings (SSSR count). The van der Waals surface area contributed by atoms with Gasteiger partial charge in [-0.1, -0.05) is 6.92 Å². The molecule has 0 aliphatic carbocycles. The van der Waals surface area contributed by atoms with E-state index >= 15 is 0 Å². The number of ether oxygens (including phenoxy) is 2. The summed E-state index contributed by atoms with van der Waals surface area (Å²) in [6, 6.07) is 5.89. The van der Waals surface area contributed by atoms with Gasteiger partial charge in [0.15, 0.2) is 5.16 Å². The van der Waals surface area contributed by atoms with Gasteiger partial charge >= 0.3 is 29.6 Å². The molecule has 2 aromatic heterocycles. The van der Waals surface area contributed by atoms with Crippen molar-refractivity contribution < 1.29 is 44.7 Å². The van der Waals surface area contributed by atoms with Gasteiger partial charge in [-0.05, 0) is 63.4 Å². The van der Waals surface area contributed by atoms with Crippen LogP contribution in [0, 0.1) is 20.8 Å². The predicted molar refractivity (Wildman–Crippen MR) is 117 cm³/mol. The molecule has 30 heavy (non-hydrogen) atoms. The molecule has 0 aliphatic heterocycles. The molecule has 2 heterocycles. The zero-order chi connectivity index (χ0) is 21.0. The predicted octanol–water partition coefficient (Wildman–Crippen LogP) is 1.50. The molecule has 0 bridgehead atoms. The van der Waals surface area contributed by atoms with E-state index in [-0.39, 0.29) is 42.8 Å². The van der Waals surface area contributed by atoms with E-state index in [0.29, 0.717) is 18.4 Å². The number of nitrogens with one attached hydrogen (secondary N) is 1. The van der Waals surface area contributed by atoms with Crippen LogP contribution in [0.1, 0.15) is 44.1 Å². The third-order valence-electron chi connectivity index (χ3n) is 5.14. The first-order valence-electron chi connectivity index (χ1n) is 9.93. The fourth-order valence-electron chi connectivity index (χ4n) is 2.93. The Labute approximate surface area is 204 Å². The summed E-state index contributed by atoms with van der Waals surface area (Å²) in [7, 11) is -1.32. The van der Waals surface area contributed by atoms with Crippen LogP contribution in [0.15, 0.2) is 29.6 Å². The van der Waals surface area contributed by atoms with Crippen LogP contribution >= 0.6 is 0 Å². The van der Waals surface area contributed by atoms with Crippen molar-refractivity contribution >= 4 is 21.8 Å². The number of hydrogen-bond acceptors (Lipinski definition) is 5. The van der Waals surface area contributed by atoms with Crippen molar-refractivity contribution in [1.29, 1.82) is 0 Å². The van der Waals surface area contributed by atoms with Crippen LogP contribution in [0.3, 0.4) is 0 Å². The number of aromatic nitrogens is 3. The minimum atomic E-state index is -1.32. The summed E-state index contributed by atoms with van der Waals surface area (Å²) in [6.45, 7) is 11.2. The monoisotopic (exact) mass is 439 g/mol. The minimum Gasteiger partial charge on any atom is -1.00 e. The Morgan fingerprint density at radius 2 is 1.93 bits per heavy atom. The Morgan fingerprint density at radius 1 is 1.20 bits per heavy atom. The first-order chi connectivity index (χ1) is 13.9. The van der Waals surface area contributed by atoms with Gasteiger partial charge in [-0.2, -0.15) is 0 Å². The van der Waals surface area contributed by atoms with Gasteiger partial charge in [-0.25, -0.2) is 4.98 Å². The second-order valence-electron chi connectivity index (χ2n) is 7.30. The van der Waals surface area contributed by atoms with Crippen molar-refractivity contribution in [2.24, 2.45) is 0 Å². The number of nitrogens with zero attached hydrogens (tertiary/aromatic N) is 2. The molecule has 0 amide bonds. The minimum absolute atomic E-state index is 0. The second-order valence-corrected chi connectivity index (χ2v) is 8.67. The summed E-state index contributed by atoms with van der Waals surface area (Å²) in [5.74, 6) is 1.03. The smallest absolute Gasteiger partial charge is 1.00 e. The SMILES string of the molecule is CCC(C)OCCOc1ccnc(CS(=O)c2nc3cc(C)c(C)cc3[nH]2)c1C.[H-].[Na+]. The standard InChI is InChI=1S/C22H29N3O3S.Na.H/c1-6-16(4)27-9-10-28-21-7-8-23-20(17(21)5)13-29(26)22-24-18-11-14(2)15(3)12-19(18)25-22;;/h7-8,11-12,16H,6,9-10,13H2,1-5H3,(H,24,25);;/q;+1;-1. The number of pyridine rings is 1. The van der Waals surface area contributed by atoms with E-state index in [1.165, 1.54) is 11.1 Å². The average molecular weight is 440 g/mol.